The van der Waals surface area contributed by atoms with Crippen LogP contribution in [-0.2, 0) is 0 Å². The number of hydrogen-bond acceptors (Lipinski definition) is 6. The number of nitrogens with zero attached hydrogens (tertiary/aromatic N) is 3. The summed E-state index contributed by atoms with van der Waals surface area (Å²) in [4.78, 5) is 28.3. The lowest BCUT2D eigenvalue weighted by Crippen LogP contribution is -1.95. The maximum atomic E-state index is 10.7. The average molecular weight is 259 g/mol. The van der Waals surface area contributed by atoms with Crippen LogP contribution < -0.4 is 4.74 Å². The summed E-state index contributed by atoms with van der Waals surface area (Å²) in [7, 11) is 0. The fraction of sp³-hybridized carbons (Fsp3) is 0.0833. The van der Waals surface area contributed by atoms with Gasteiger partial charge in [0, 0.05) is 24.0 Å². The Hall–Kier alpha value is -2.83. The highest BCUT2D eigenvalue weighted by Gasteiger charge is 2.11. The molecule has 0 saturated carbocycles. The van der Waals surface area contributed by atoms with Crippen LogP contribution in [-0.4, -0.2) is 21.2 Å². The van der Waals surface area contributed by atoms with Crippen LogP contribution in [0.5, 0.6) is 11.8 Å². The smallest absolute Gasteiger partial charge is 0.321 e. The third-order valence-electron chi connectivity index (χ3n) is 2.36. The number of rotatable bonds is 4. The lowest BCUT2D eigenvalue weighted by molar-refractivity contribution is -0.385. The van der Waals surface area contributed by atoms with Crippen molar-refractivity contribution >= 4 is 12.0 Å². The van der Waals surface area contributed by atoms with Gasteiger partial charge in [0.05, 0.1) is 10.5 Å². The van der Waals surface area contributed by atoms with E-state index >= 15 is 0 Å². The minimum absolute atomic E-state index is 0.0181. The van der Waals surface area contributed by atoms with Gasteiger partial charge >= 0.3 is 6.01 Å². The molecule has 1 aromatic carbocycles. The Morgan fingerprint density at radius 3 is 2.53 bits per heavy atom. The highest BCUT2D eigenvalue weighted by molar-refractivity contribution is 5.73. The number of carbonyl (C=O) groups is 1. The molecule has 2 aromatic rings. The second kappa shape index (κ2) is 5.21. The predicted octanol–water partition coefficient (Wildman–Crippen LogP) is 2.30. The van der Waals surface area contributed by atoms with Crippen molar-refractivity contribution in [3.8, 4) is 11.8 Å². The molecule has 1 aromatic heterocycles. The molecule has 96 valence electrons. The molecule has 2 rings (SSSR count). The standard InChI is InChI=1S/C12H9N3O4/c1-8-4-10(2-3-11(8)15(17)18)19-12-13-5-9(7-16)6-14-12/h2-7H,1H3. The molecule has 0 aliphatic heterocycles. The van der Waals surface area contributed by atoms with E-state index in [2.05, 4.69) is 9.97 Å². The summed E-state index contributed by atoms with van der Waals surface area (Å²) in [6.07, 6.45) is 3.28. The summed E-state index contributed by atoms with van der Waals surface area (Å²) >= 11 is 0. The third-order valence-corrected chi connectivity index (χ3v) is 2.36. The summed E-state index contributed by atoms with van der Waals surface area (Å²) in [5.41, 5.74) is 0.837. The number of aldehydes is 1. The molecule has 0 spiro atoms. The van der Waals surface area contributed by atoms with Crippen LogP contribution in [0.2, 0.25) is 0 Å². The highest BCUT2D eigenvalue weighted by atomic mass is 16.6. The summed E-state index contributed by atoms with van der Waals surface area (Å²) in [5, 5.41) is 10.7. The van der Waals surface area contributed by atoms with Crippen LogP contribution in [0.25, 0.3) is 0 Å². The number of hydrogen-bond donors (Lipinski definition) is 0. The zero-order valence-electron chi connectivity index (χ0n) is 9.94. The molecule has 0 N–H and O–H groups in total. The van der Waals surface area contributed by atoms with Crippen LogP contribution in [0.15, 0.2) is 30.6 Å². The first-order chi connectivity index (χ1) is 9.10. The summed E-state index contributed by atoms with van der Waals surface area (Å²) in [5.74, 6) is 0.391. The average Bonchev–Trinajstić information content (AvgIpc) is 2.39. The zero-order chi connectivity index (χ0) is 13.8. The quantitative estimate of drug-likeness (QED) is 0.475. The molecular formula is C12H9N3O4. The number of aromatic nitrogens is 2. The number of nitro benzene ring substituents is 1. The van der Waals surface area contributed by atoms with Crippen molar-refractivity contribution < 1.29 is 14.5 Å². The molecule has 7 heteroatoms. The number of benzene rings is 1. The summed E-state index contributed by atoms with van der Waals surface area (Å²) < 4.78 is 5.33. The van der Waals surface area contributed by atoms with Crippen molar-refractivity contribution in [2.75, 3.05) is 0 Å². The van der Waals surface area contributed by atoms with E-state index in [1.807, 2.05) is 0 Å². The van der Waals surface area contributed by atoms with Crippen molar-refractivity contribution in [2.24, 2.45) is 0 Å². The Kier molecular flexibility index (Phi) is 3.46. The van der Waals surface area contributed by atoms with E-state index in [4.69, 9.17) is 4.74 Å². The maximum Gasteiger partial charge on any atom is 0.321 e. The van der Waals surface area contributed by atoms with Crippen molar-refractivity contribution in [3.63, 3.8) is 0 Å². The first kappa shape index (κ1) is 12.6. The molecule has 0 bridgehead atoms. The van der Waals surface area contributed by atoms with Gasteiger partial charge in [-0.25, -0.2) is 9.97 Å². The molecule has 0 saturated heterocycles. The van der Waals surface area contributed by atoms with Crippen molar-refractivity contribution in [1.29, 1.82) is 0 Å². The van der Waals surface area contributed by atoms with Crippen molar-refractivity contribution in [1.82, 2.24) is 9.97 Å². The van der Waals surface area contributed by atoms with Gasteiger partial charge in [-0.3, -0.25) is 14.9 Å². The topological polar surface area (TPSA) is 95.2 Å². The van der Waals surface area contributed by atoms with E-state index in [-0.39, 0.29) is 11.7 Å². The molecule has 1 heterocycles. The molecule has 19 heavy (non-hydrogen) atoms. The van der Waals surface area contributed by atoms with Crippen LogP contribution >= 0.6 is 0 Å². The monoisotopic (exact) mass is 259 g/mol. The van der Waals surface area contributed by atoms with Gasteiger partial charge < -0.3 is 4.74 Å². The third kappa shape index (κ3) is 2.89. The van der Waals surface area contributed by atoms with E-state index in [0.29, 0.717) is 23.2 Å². The molecule has 0 aliphatic carbocycles. The van der Waals surface area contributed by atoms with Crippen LogP contribution in [0.3, 0.4) is 0 Å². The van der Waals surface area contributed by atoms with E-state index in [1.54, 1.807) is 6.92 Å². The number of ether oxygens (including phenoxy) is 1. The van der Waals surface area contributed by atoms with E-state index in [1.165, 1.54) is 30.6 Å². The van der Waals surface area contributed by atoms with Crippen molar-refractivity contribution in [2.45, 2.75) is 6.92 Å². The lowest BCUT2D eigenvalue weighted by atomic mass is 10.2. The van der Waals surface area contributed by atoms with Gasteiger partial charge in [-0.15, -0.1) is 0 Å². The molecule has 0 aliphatic rings. The van der Waals surface area contributed by atoms with E-state index in [9.17, 15) is 14.9 Å². The van der Waals surface area contributed by atoms with Gasteiger partial charge in [-0.1, -0.05) is 0 Å². The molecule has 7 nitrogen and oxygen atoms in total. The largest absolute Gasteiger partial charge is 0.424 e. The highest BCUT2D eigenvalue weighted by Crippen LogP contribution is 2.25. The Morgan fingerprint density at radius 2 is 2.00 bits per heavy atom. The first-order valence-corrected chi connectivity index (χ1v) is 5.30. The van der Waals surface area contributed by atoms with E-state index < -0.39 is 4.92 Å². The van der Waals surface area contributed by atoms with Gasteiger partial charge in [0.25, 0.3) is 5.69 Å². The van der Waals surface area contributed by atoms with Gasteiger partial charge in [-0.2, -0.15) is 0 Å². The Balaban J connectivity index is 2.21. The number of aryl methyl sites for hydroxylation is 1. The molecule has 0 radical (unpaired) electrons. The molecule has 0 unspecified atom stereocenters. The number of nitro groups is 1. The lowest BCUT2D eigenvalue weighted by Gasteiger charge is -2.04. The zero-order valence-corrected chi connectivity index (χ0v) is 9.94. The van der Waals surface area contributed by atoms with Crippen LogP contribution in [0.1, 0.15) is 15.9 Å². The summed E-state index contributed by atoms with van der Waals surface area (Å²) in [6.45, 7) is 1.61. The number of carbonyl (C=O) groups excluding carboxylic acids is 1. The minimum atomic E-state index is -0.464. The van der Waals surface area contributed by atoms with Crippen LogP contribution in [0, 0.1) is 17.0 Å². The second-order valence-electron chi connectivity index (χ2n) is 3.72. The van der Waals surface area contributed by atoms with Gasteiger partial charge in [0.1, 0.15) is 5.75 Å². The van der Waals surface area contributed by atoms with Crippen molar-refractivity contribution in [3.05, 3.63) is 51.8 Å². The van der Waals surface area contributed by atoms with Gasteiger partial charge in [0.2, 0.25) is 0 Å². The SMILES string of the molecule is Cc1cc(Oc2ncc(C=O)cn2)ccc1[N+](=O)[O-]. The fourth-order valence-electron chi connectivity index (χ4n) is 1.44. The normalized spacial score (nSPS) is 9.95. The minimum Gasteiger partial charge on any atom is -0.424 e. The molecule has 0 atom stereocenters. The predicted molar refractivity (Wildman–Crippen MR) is 65.3 cm³/mol. The fourth-order valence-corrected chi connectivity index (χ4v) is 1.44. The van der Waals surface area contributed by atoms with Gasteiger partial charge in [-0.05, 0) is 19.1 Å². The van der Waals surface area contributed by atoms with Crippen LogP contribution in [0.4, 0.5) is 5.69 Å². The second-order valence-corrected chi connectivity index (χ2v) is 3.72. The maximum absolute atomic E-state index is 10.7. The summed E-state index contributed by atoms with van der Waals surface area (Å²) in [6, 6.07) is 4.40. The molecular weight excluding hydrogens is 250 g/mol. The Bertz CT molecular complexity index is 625. The molecule has 0 amide bonds. The molecule has 0 fully saturated rings. The van der Waals surface area contributed by atoms with E-state index in [0.717, 1.165) is 0 Å². The Morgan fingerprint density at radius 1 is 1.32 bits per heavy atom. The van der Waals surface area contributed by atoms with Gasteiger partial charge in [0.15, 0.2) is 6.29 Å². The first-order valence-electron chi connectivity index (χ1n) is 5.30. The Labute approximate surface area is 108 Å².